The molecule has 0 saturated carbocycles. The summed E-state index contributed by atoms with van der Waals surface area (Å²) in [6, 6.07) is 13.7. The van der Waals surface area contributed by atoms with Crippen LogP contribution < -0.4 is 10.1 Å². The molecule has 27 heavy (non-hydrogen) atoms. The number of anilines is 1. The first-order valence-corrected chi connectivity index (χ1v) is 9.15. The fourth-order valence-electron chi connectivity index (χ4n) is 3.31. The Labute approximate surface area is 159 Å². The van der Waals surface area contributed by atoms with Crippen LogP contribution in [0.4, 0.5) is 10.1 Å². The molecule has 1 fully saturated rings. The van der Waals surface area contributed by atoms with Crippen LogP contribution in [0.5, 0.6) is 5.75 Å². The van der Waals surface area contributed by atoms with Crippen LogP contribution in [0.25, 0.3) is 0 Å². The van der Waals surface area contributed by atoms with E-state index in [9.17, 15) is 9.18 Å². The molecule has 2 aromatic carbocycles. The van der Waals surface area contributed by atoms with Crippen molar-refractivity contribution in [3.05, 3.63) is 59.9 Å². The van der Waals surface area contributed by atoms with Gasteiger partial charge < -0.3 is 14.8 Å². The molecule has 0 bridgehead atoms. The summed E-state index contributed by atoms with van der Waals surface area (Å²) in [5.74, 6) is 0.229. The molecule has 1 heterocycles. The maximum absolute atomic E-state index is 13.3. The Balaban J connectivity index is 1.68. The van der Waals surface area contributed by atoms with Crippen molar-refractivity contribution in [2.45, 2.75) is 25.5 Å². The topological polar surface area (TPSA) is 50.8 Å². The van der Waals surface area contributed by atoms with Crippen molar-refractivity contribution < 1.29 is 18.7 Å². The molecule has 0 radical (unpaired) electrons. The minimum atomic E-state index is -0.377. The van der Waals surface area contributed by atoms with E-state index in [1.165, 1.54) is 12.1 Å². The molecule has 3 rings (SSSR count). The van der Waals surface area contributed by atoms with E-state index in [1.807, 2.05) is 29.2 Å². The van der Waals surface area contributed by atoms with Crippen LogP contribution in [0.15, 0.2) is 48.5 Å². The van der Waals surface area contributed by atoms with Gasteiger partial charge in [0.1, 0.15) is 11.6 Å². The molecular formula is C21H25FN2O3. The van der Waals surface area contributed by atoms with E-state index in [2.05, 4.69) is 5.32 Å². The standard InChI is InChI=1S/C21H25FN2O3/c1-26-20-10-3-2-6-16(20)13-24(14-19-9-5-11-27-19)15-21(25)23-18-8-4-7-17(22)12-18/h2-4,6-8,10,12,19H,5,9,11,13-15H2,1H3,(H,23,25). The van der Waals surface area contributed by atoms with E-state index in [1.54, 1.807) is 19.2 Å². The zero-order valence-corrected chi connectivity index (χ0v) is 15.5. The van der Waals surface area contributed by atoms with Gasteiger partial charge in [0.05, 0.1) is 19.8 Å². The van der Waals surface area contributed by atoms with Gasteiger partial charge in [0.2, 0.25) is 5.91 Å². The molecule has 1 unspecified atom stereocenters. The van der Waals surface area contributed by atoms with E-state index >= 15 is 0 Å². The van der Waals surface area contributed by atoms with Gasteiger partial charge in [-0.15, -0.1) is 0 Å². The third kappa shape index (κ3) is 5.77. The van der Waals surface area contributed by atoms with Gasteiger partial charge in [-0.25, -0.2) is 4.39 Å². The van der Waals surface area contributed by atoms with E-state index in [0.717, 1.165) is 30.8 Å². The molecule has 0 aliphatic carbocycles. The van der Waals surface area contributed by atoms with E-state index in [-0.39, 0.29) is 24.4 Å². The third-order valence-corrected chi connectivity index (χ3v) is 4.55. The van der Waals surface area contributed by atoms with Crippen LogP contribution in [0.2, 0.25) is 0 Å². The summed E-state index contributed by atoms with van der Waals surface area (Å²) in [5.41, 5.74) is 1.46. The first kappa shape index (κ1) is 19.3. The number of benzene rings is 2. The quantitative estimate of drug-likeness (QED) is 0.771. The van der Waals surface area contributed by atoms with E-state index in [0.29, 0.717) is 18.8 Å². The molecule has 6 heteroatoms. The van der Waals surface area contributed by atoms with Crippen molar-refractivity contribution in [1.29, 1.82) is 0 Å². The predicted octanol–water partition coefficient (Wildman–Crippen LogP) is 3.45. The second-order valence-electron chi connectivity index (χ2n) is 6.68. The van der Waals surface area contributed by atoms with Crippen molar-refractivity contribution in [2.24, 2.45) is 0 Å². The van der Waals surface area contributed by atoms with Gasteiger partial charge in [-0.05, 0) is 37.1 Å². The van der Waals surface area contributed by atoms with Gasteiger partial charge in [0, 0.05) is 30.9 Å². The first-order chi connectivity index (χ1) is 13.1. The summed E-state index contributed by atoms with van der Waals surface area (Å²) >= 11 is 0. The summed E-state index contributed by atoms with van der Waals surface area (Å²) in [4.78, 5) is 14.5. The molecule has 1 aliphatic rings. The number of methoxy groups -OCH3 is 1. The number of nitrogens with zero attached hydrogens (tertiary/aromatic N) is 1. The highest BCUT2D eigenvalue weighted by molar-refractivity contribution is 5.92. The molecule has 1 amide bonds. The van der Waals surface area contributed by atoms with Crippen LogP contribution in [-0.2, 0) is 16.1 Å². The number of ether oxygens (including phenoxy) is 2. The molecule has 1 N–H and O–H groups in total. The Hall–Kier alpha value is -2.44. The summed E-state index contributed by atoms with van der Waals surface area (Å²) in [6.07, 6.45) is 2.16. The monoisotopic (exact) mass is 372 g/mol. The number of hydrogen-bond donors (Lipinski definition) is 1. The molecule has 1 aliphatic heterocycles. The number of carbonyl (C=O) groups is 1. The fourth-order valence-corrected chi connectivity index (χ4v) is 3.31. The maximum Gasteiger partial charge on any atom is 0.238 e. The highest BCUT2D eigenvalue weighted by atomic mass is 19.1. The Kier molecular flexibility index (Phi) is 6.79. The summed E-state index contributed by atoms with van der Waals surface area (Å²) in [7, 11) is 1.64. The zero-order chi connectivity index (χ0) is 19.1. The van der Waals surface area contributed by atoms with Crippen LogP contribution in [0.3, 0.4) is 0 Å². The zero-order valence-electron chi connectivity index (χ0n) is 15.5. The molecule has 5 nitrogen and oxygen atoms in total. The highest BCUT2D eigenvalue weighted by Crippen LogP contribution is 2.21. The Morgan fingerprint density at radius 1 is 1.30 bits per heavy atom. The maximum atomic E-state index is 13.3. The molecule has 144 valence electrons. The highest BCUT2D eigenvalue weighted by Gasteiger charge is 2.22. The summed E-state index contributed by atoms with van der Waals surface area (Å²) < 4.78 is 24.5. The largest absolute Gasteiger partial charge is 0.496 e. The molecular weight excluding hydrogens is 347 g/mol. The fraction of sp³-hybridized carbons (Fsp3) is 0.381. The lowest BCUT2D eigenvalue weighted by Crippen LogP contribution is -2.38. The van der Waals surface area contributed by atoms with Crippen molar-refractivity contribution in [1.82, 2.24) is 4.90 Å². The molecule has 1 atom stereocenters. The molecule has 1 saturated heterocycles. The lowest BCUT2D eigenvalue weighted by atomic mass is 10.1. The lowest BCUT2D eigenvalue weighted by molar-refractivity contribution is -0.117. The Morgan fingerprint density at radius 3 is 2.89 bits per heavy atom. The Morgan fingerprint density at radius 2 is 2.15 bits per heavy atom. The molecule has 2 aromatic rings. The van der Waals surface area contributed by atoms with Gasteiger partial charge in [-0.1, -0.05) is 24.3 Å². The number of amides is 1. The number of hydrogen-bond acceptors (Lipinski definition) is 4. The number of para-hydroxylation sites is 1. The molecule has 0 aromatic heterocycles. The summed E-state index contributed by atoms with van der Waals surface area (Å²) in [6.45, 7) is 2.19. The van der Waals surface area contributed by atoms with E-state index < -0.39 is 0 Å². The van der Waals surface area contributed by atoms with Crippen molar-refractivity contribution in [3.63, 3.8) is 0 Å². The van der Waals surface area contributed by atoms with Gasteiger partial charge in [0.25, 0.3) is 0 Å². The van der Waals surface area contributed by atoms with Crippen LogP contribution in [-0.4, -0.2) is 43.7 Å². The number of nitrogens with one attached hydrogen (secondary N) is 1. The normalized spacial score (nSPS) is 16.5. The summed E-state index contributed by atoms with van der Waals surface area (Å²) in [5, 5.41) is 2.76. The van der Waals surface area contributed by atoms with Crippen LogP contribution in [0.1, 0.15) is 18.4 Å². The Bertz CT molecular complexity index is 763. The van der Waals surface area contributed by atoms with Crippen molar-refractivity contribution >= 4 is 11.6 Å². The van der Waals surface area contributed by atoms with Crippen LogP contribution in [0, 0.1) is 5.82 Å². The predicted molar refractivity (Wildman–Crippen MR) is 102 cm³/mol. The minimum absolute atomic E-state index is 0.127. The number of rotatable bonds is 8. The average Bonchev–Trinajstić information content (AvgIpc) is 3.15. The second kappa shape index (κ2) is 9.48. The van der Waals surface area contributed by atoms with Gasteiger partial charge >= 0.3 is 0 Å². The third-order valence-electron chi connectivity index (χ3n) is 4.55. The minimum Gasteiger partial charge on any atom is -0.496 e. The van der Waals surface area contributed by atoms with Gasteiger partial charge in [-0.3, -0.25) is 9.69 Å². The van der Waals surface area contributed by atoms with Gasteiger partial charge in [0.15, 0.2) is 0 Å². The number of carbonyl (C=O) groups excluding carboxylic acids is 1. The SMILES string of the molecule is COc1ccccc1CN(CC(=O)Nc1cccc(F)c1)CC1CCCO1. The smallest absolute Gasteiger partial charge is 0.238 e. The van der Waals surface area contributed by atoms with Crippen molar-refractivity contribution in [3.8, 4) is 5.75 Å². The first-order valence-electron chi connectivity index (χ1n) is 9.15. The van der Waals surface area contributed by atoms with Gasteiger partial charge in [-0.2, -0.15) is 0 Å². The van der Waals surface area contributed by atoms with Crippen molar-refractivity contribution in [2.75, 3.05) is 32.1 Å². The average molecular weight is 372 g/mol. The second-order valence-corrected chi connectivity index (χ2v) is 6.68. The van der Waals surface area contributed by atoms with E-state index in [4.69, 9.17) is 9.47 Å². The lowest BCUT2D eigenvalue weighted by Gasteiger charge is -2.25. The van der Waals surface area contributed by atoms with Crippen LogP contribution >= 0.6 is 0 Å². The number of halogens is 1. The molecule has 0 spiro atoms.